The summed E-state index contributed by atoms with van der Waals surface area (Å²) in [4.78, 5) is 67.7. The molecule has 1 saturated heterocycles. The highest BCUT2D eigenvalue weighted by Gasteiger charge is 2.38. The Morgan fingerprint density at radius 3 is 1.85 bits per heavy atom. The Bertz CT molecular complexity index is 1930. The lowest BCUT2D eigenvalue weighted by atomic mass is 10.0. The first-order valence-electron chi connectivity index (χ1n) is 18.2. The molecule has 0 bridgehead atoms. The number of amides is 4. The molecule has 1 unspecified atom stereocenters. The predicted molar refractivity (Wildman–Crippen MR) is 204 cm³/mol. The van der Waals surface area contributed by atoms with E-state index in [-0.39, 0.29) is 17.9 Å². The molecular formula is C39H50N8O8. The Morgan fingerprint density at radius 1 is 0.764 bits per heavy atom. The van der Waals surface area contributed by atoms with Gasteiger partial charge in [-0.1, -0.05) is 62.4 Å². The molecule has 55 heavy (non-hydrogen) atoms. The largest absolute Gasteiger partial charge is 0.465 e. The third-order valence-electron chi connectivity index (χ3n) is 9.97. The van der Waals surface area contributed by atoms with E-state index in [4.69, 9.17) is 19.4 Å². The molecule has 0 spiro atoms. The van der Waals surface area contributed by atoms with E-state index in [1.165, 1.54) is 21.3 Å². The zero-order chi connectivity index (χ0) is 39.8. The molecule has 0 radical (unpaired) electrons. The molecule has 1 aliphatic heterocycles. The number of aromatic amines is 2. The van der Waals surface area contributed by atoms with Crippen molar-refractivity contribution in [3.63, 3.8) is 0 Å². The number of imidazole rings is 2. The van der Waals surface area contributed by atoms with Crippen LogP contribution in [-0.2, 0) is 23.8 Å². The van der Waals surface area contributed by atoms with Crippen molar-refractivity contribution in [1.29, 1.82) is 0 Å². The Hall–Kier alpha value is -5.74. The molecule has 16 nitrogen and oxygen atoms in total. The Labute approximate surface area is 319 Å². The van der Waals surface area contributed by atoms with Crippen LogP contribution in [0, 0.1) is 5.92 Å². The Kier molecular flexibility index (Phi) is 13.3. The summed E-state index contributed by atoms with van der Waals surface area (Å²) in [5, 5.41) is 17.1. The van der Waals surface area contributed by atoms with Crippen LogP contribution in [0.4, 0.5) is 9.59 Å². The number of rotatable bonds is 15. The summed E-state index contributed by atoms with van der Waals surface area (Å²) in [5.41, 5.74) is 5.25. The maximum Gasteiger partial charge on any atom is 0.407 e. The maximum atomic E-state index is 13.4. The number of ether oxygens (including phenoxy) is 3. The fraction of sp³-hybridized carbons (Fsp3) is 0.436. The predicted octanol–water partition coefficient (Wildman–Crippen LogP) is 5.04. The number of hydrogen-bond donors (Lipinski definition) is 6. The monoisotopic (exact) mass is 758 g/mol. The fourth-order valence-corrected chi connectivity index (χ4v) is 6.62. The highest BCUT2D eigenvalue weighted by atomic mass is 16.5. The molecule has 4 amide bonds. The summed E-state index contributed by atoms with van der Waals surface area (Å²) in [5.74, 6) is 0.426. The van der Waals surface area contributed by atoms with Crippen LogP contribution in [0.15, 0.2) is 60.9 Å². The van der Waals surface area contributed by atoms with E-state index in [9.17, 15) is 24.3 Å². The van der Waals surface area contributed by atoms with Gasteiger partial charge in [0.25, 0.3) is 0 Å². The third kappa shape index (κ3) is 9.50. The second-order valence-electron chi connectivity index (χ2n) is 13.8. The molecular weight excluding hydrogens is 708 g/mol. The van der Waals surface area contributed by atoms with Gasteiger partial charge in [0.15, 0.2) is 0 Å². The zero-order valence-electron chi connectivity index (χ0n) is 32.1. The summed E-state index contributed by atoms with van der Waals surface area (Å²) in [7, 11) is 4.13. The van der Waals surface area contributed by atoms with E-state index in [2.05, 4.69) is 30.7 Å². The van der Waals surface area contributed by atoms with Crippen molar-refractivity contribution in [3.05, 3.63) is 72.6 Å². The van der Waals surface area contributed by atoms with E-state index in [1.807, 2.05) is 68.6 Å². The molecule has 16 heteroatoms. The first-order chi connectivity index (χ1) is 26.3. The fourth-order valence-electron chi connectivity index (χ4n) is 6.62. The van der Waals surface area contributed by atoms with Crippen LogP contribution in [0.1, 0.15) is 64.3 Å². The quantitative estimate of drug-likeness (QED) is 0.0950. The van der Waals surface area contributed by atoms with Crippen molar-refractivity contribution in [1.82, 2.24) is 40.8 Å². The molecule has 3 heterocycles. The minimum absolute atomic E-state index is 0.0228. The maximum absolute atomic E-state index is 13.4. The second kappa shape index (κ2) is 18.1. The van der Waals surface area contributed by atoms with E-state index in [0.29, 0.717) is 30.3 Å². The number of carbonyl (C=O) groups is 4. The molecule has 0 aliphatic carbocycles. The minimum Gasteiger partial charge on any atom is -0.465 e. The first-order valence-corrected chi connectivity index (χ1v) is 18.2. The van der Waals surface area contributed by atoms with Gasteiger partial charge in [-0.05, 0) is 43.7 Å². The second-order valence-corrected chi connectivity index (χ2v) is 13.8. The smallest absolute Gasteiger partial charge is 0.407 e. The number of H-pyrrole nitrogens is 2. The molecule has 2 aromatic carbocycles. The van der Waals surface area contributed by atoms with Crippen molar-refractivity contribution < 1.29 is 38.5 Å². The van der Waals surface area contributed by atoms with Crippen LogP contribution in [0.25, 0.3) is 33.6 Å². The molecule has 1 fully saturated rings. The van der Waals surface area contributed by atoms with Crippen LogP contribution in [0.3, 0.4) is 0 Å². The highest BCUT2D eigenvalue weighted by molar-refractivity contribution is 5.87. The number of carbonyl (C=O) groups excluding carboxylic acids is 3. The molecule has 294 valence electrons. The number of likely N-dealkylation sites (tertiary alicyclic amines) is 1. The van der Waals surface area contributed by atoms with Crippen molar-refractivity contribution in [3.8, 4) is 33.6 Å². The number of alkyl carbamates (subject to hydrolysis) is 1. The van der Waals surface area contributed by atoms with E-state index in [0.717, 1.165) is 34.4 Å². The van der Waals surface area contributed by atoms with Gasteiger partial charge in [-0.25, -0.2) is 19.6 Å². The van der Waals surface area contributed by atoms with Gasteiger partial charge in [0.05, 0.1) is 42.8 Å². The van der Waals surface area contributed by atoms with Gasteiger partial charge in [0.1, 0.15) is 23.7 Å². The minimum atomic E-state index is -1.29. The molecule has 6 N–H and O–H groups in total. The molecule has 2 aromatic heterocycles. The summed E-state index contributed by atoms with van der Waals surface area (Å²) in [6.45, 7) is 7.77. The average molecular weight is 759 g/mol. The molecule has 0 saturated carbocycles. The molecule has 1 aliphatic rings. The number of benzene rings is 2. The van der Waals surface area contributed by atoms with Crippen molar-refractivity contribution in [2.45, 2.75) is 76.9 Å². The van der Waals surface area contributed by atoms with Gasteiger partial charge in [-0.15, -0.1) is 0 Å². The summed E-state index contributed by atoms with van der Waals surface area (Å²) in [6, 6.07) is 13.3. The highest BCUT2D eigenvalue weighted by Crippen LogP contribution is 2.33. The number of aromatic nitrogens is 4. The zero-order valence-corrected chi connectivity index (χ0v) is 32.1. The third-order valence-corrected chi connectivity index (χ3v) is 9.97. The number of carboxylic acid groups (broad SMARTS) is 1. The average Bonchev–Trinajstić information content (AvgIpc) is 3.99. The lowest BCUT2D eigenvalue weighted by molar-refractivity contribution is -0.137. The Balaban J connectivity index is 1.25. The lowest BCUT2D eigenvalue weighted by Crippen LogP contribution is -2.54. The first kappa shape index (κ1) is 40.4. The van der Waals surface area contributed by atoms with E-state index in [1.54, 1.807) is 24.9 Å². The van der Waals surface area contributed by atoms with Crippen LogP contribution >= 0.6 is 0 Å². The van der Waals surface area contributed by atoms with Crippen LogP contribution < -0.4 is 16.0 Å². The Morgan fingerprint density at radius 2 is 1.31 bits per heavy atom. The van der Waals surface area contributed by atoms with Gasteiger partial charge < -0.3 is 50.1 Å². The number of methoxy groups -OCH3 is 3. The summed E-state index contributed by atoms with van der Waals surface area (Å²) in [6.07, 6.45) is 1.82. The molecule has 5 rings (SSSR count). The van der Waals surface area contributed by atoms with E-state index >= 15 is 0 Å². The van der Waals surface area contributed by atoms with Crippen molar-refractivity contribution in [2.75, 3.05) is 27.9 Å². The van der Waals surface area contributed by atoms with Gasteiger partial charge in [-0.2, -0.15) is 0 Å². The van der Waals surface area contributed by atoms with Crippen molar-refractivity contribution >= 4 is 24.0 Å². The van der Waals surface area contributed by atoms with Crippen LogP contribution in [0.2, 0.25) is 0 Å². The number of hydrogen-bond acceptors (Lipinski definition) is 9. The summed E-state index contributed by atoms with van der Waals surface area (Å²) < 4.78 is 15.3. The topological polar surface area (TPSA) is 213 Å². The number of nitrogens with one attached hydrogen (secondary N) is 5. The standard InChI is InChI=1S/C39H50N8O8/c1-21(2)31(44-36(48)32(22(3)53-5)46-39(52)55-7)35-41-20-29(43-35)27-16-12-25(13-17-27)24-10-14-26(15-11-24)28-19-40-34(42-28)30-9-8-18-47(30)37(49)33(23(4)54-6)45-38(50)51/h10-17,19-23,30-33,45H,8-9,18H2,1-7H3,(H,40,42)(H,41,43)(H,44,48)(H,46,52)(H,50,51)/t22?,23-,30+,31+,32+,33+/m1/s1. The van der Waals surface area contributed by atoms with Crippen LogP contribution in [0.5, 0.6) is 0 Å². The van der Waals surface area contributed by atoms with Gasteiger partial charge in [-0.3, -0.25) is 9.59 Å². The SMILES string of the molecule is COC(=O)N[C@H](C(=O)N[C@H](c1nc(-c2ccc(-c3ccc(-c4c[nH]c([C@@H]5CCCN5C(=O)[C@@H](NC(=O)O)[C@@H](C)OC)n4)cc3)cc2)c[nH]1)C(C)C)C(C)OC. The molecule has 6 atom stereocenters. The van der Waals surface area contributed by atoms with Gasteiger partial charge >= 0.3 is 12.2 Å². The number of nitrogens with zero attached hydrogens (tertiary/aromatic N) is 3. The molecule has 4 aromatic rings. The van der Waals surface area contributed by atoms with Crippen LogP contribution in [-0.4, -0.2) is 106 Å². The summed E-state index contributed by atoms with van der Waals surface area (Å²) >= 11 is 0. The lowest BCUT2D eigenvalue weighted by Gasteiger charge is -2.30. The van der Waals surface area contributed by atoms with Gasteiger partial charge in [0, 0.05) is 44.3 Å². The van der Waals surface area contributed by atoms with E-state index < -0.39 is 48.4 Å². The van der Waals surface area contributed by atoms with Crippen molar-refractivity contribution in [2.24, 2.45) is 5.92 Å². The van der Waals surface area contributed by atoms with Gasteiger partial charge in [0.2, 0.25) is 11.8 Å². The normalized spacial score (nSPS) is 16.9.